The third-order valence-corrected chi connectivity index (χ3v) is 6.05. The molecule has 1 aromatic carbocycles. The van der Waals surface area contributed by atoms with Gasteiger partial charge in [-0.3, -0.25) is 4.79 Å². The lowest BCUT2D eigenvalue weighted by atomic mass is 10.0. The number of methoxy groups -OCH3 is 1. The lowest BCUT2D eigenvalue weighted by Crippen LogP contribution is -2.52. The zero-order chi connectivity index (χ0) is 20.7. The predicted octanol–water partition coefficient (Wildman–Crippen LogP) is 2.08. The Labute approximate surface area is 170 Å². The van der Waals surface area contributed by atoms with Gasteiger partial charge in [0.1, 0.15) is 6.04 Å². The van der Waals surface area contributed by atoms with E-state index in [2.05, 4.69) is 29.0 Å². The summed E-state index contributed by atoms with van der Waals surface area (Å²) in [6.45, 7) is 3.94. The van der Waals surface area contributed by atoms with Gasteiger partial charge in [0.2, 0.25) is 0 Å². The Morgan fingerprint density at radius 2 is 2.00 bits per heavy atom. The van der Waals surface area contributed by atoms with E-state index in [-0.39, 0.29) is 18.4 Å². The zero-order valence-corrected chi connectivity index (χ0v) is 17.4. The number of benzene rings is 1. The maximum Gasteiger partial charge on any atom is 0.329 e. The van der Waals surface area contributed by atoms with Crippen molar-refractivity contribution in [2.75, 3.05) is 20.0 Å². The lowest BCUT2D eigenvalue weighted by Gasteiger charge is -2.31. The molecule has 0 radical (unpaired) electrons. The molecule has 1 aliphatic rings. The first-order valence-electron chi connectivity index (χ1n) is 8.98. The zero-order valence-electron chi connectivity index (χ0n) is 16.5. The molecular formula is C22H25NO4S. The molecule has 0 aromatic heterocycles. The Morgan fingerprint density at radius 1 is 1.32 bits per heavy atom. The minimum Gasteiger partial charge on any atom is -0.467 e. The Kier molecular flexibility index (Phi) is 7.57. The first-order valence-corrected chi connectivity index (χ1v) is 10.2. The van der Waals surface area contributed by atoms with Crippen LogP contribution in [-0.4, -0.2) is 47.7 Å². The van der Waals surface area contributed by atoms with Crippen LogP contribution in [0.25, 0.3) is 0 Å². The van der Waals surface area contributed by atoms with Gasteiger partial charge in [0.15, 0.2) is 0 Å². The molecule has 28 heavy (non-hydrogen) atoms. The van der Waals surface area contributed by atoms with Crippen LogP contribution in [0.2, 0.25) is 0 Å². The molecule has 0 saturated heterocycles. The van der Waals surface area contributed by atoms with Crippen molar-refractivity contribution >= 4 is 23.6 Å². The smallest absolute Gasteiger partial charge is 0.329 e. The summed E-state index contributed by atoms with van der Waals surface area (Å²) in [7, 11) is 1.31. The fraction of sp³-hybridized carbons (Fsp3) is 0.455. The van der Waals surface area contributed by atoms with E-state index >= 15 is 0 Å². The number of ether oxygens (including phenoxy) is 1. The van der Waals surface area contributed by atoms with Crippen LogP contribution in [0.1, 0.15) is 36.2 Å². The van der Waals surface area contributed by atoms with E-state index in [0.717, 1.165) is 12.0 Å². The highest BCUT2D eigenvalue weighted by molar-refractivity contribution is 8.00. The molecule has 2 rings (SSSR count). The van der Waals surface area contributed by atoms with E-state index in [4.69, 9.17) is 9.84 Å². The van der Waals surface area contributed by atoms with Crippen molar-refractivity contribution in [1.82, 2.24) is 5.32 Å². The molecule has 2 N–H and O–H groups in total. The molecule has 2 unspecified atom stereocenters. The Balaban J connectivity index is 2.02. The van der Waals surface area contributed by atoms with E-state index in [1.165, 1.54) is 18.9 Å². The summed E-state index contributed by atoms with van der Waals surface area (Å²) in [4.78, 5) is 24.6. The van der Waals surface area contributed by atoms with Crippen molar-refractivity contribution in [2.45, 2.75) is 31.1 Å². The summed E-state index contributed by atoms with van der Waals surface area (Å²) in [5.74, 6) is 11.3. The van der Waals surface area contributed by atoms with Crippen LogP contribution in [-0.2, 0) is 9.53 Å². The van der Waals surface area contributed by atoms with E-state index in [1.807, 2.05) is 20.1 Å². The second-order valence-electron chi connectivity index (χ2n) is 7.12. The van der Waals surface area contributed by atoms with Gasteiger partial charge in [0.25, 0.3) is 5.91 Å². The highest BCUT2D eigenvalue weighted by atomic mass is 32.2. The molecule has 1 fully saturated rings. The third kappa shape index (κ3) is 5.79. The number of thioether (sulfide) groups is 1. The van der Waals surface area contributed by atoms with Crippen molar-refractivity contribution in [3.8, 4) is 23.7 Å². The summed E-state index contributed by atoms with van der Waals surface area (Å²) in [5.41, 5.74) is 1.18. The van der Waals surface area contributed by atoms with Gasteiger partial charge in [0.05, 0.1) is 7.11 Å². The Bertz CT molecular complexity index is 839. The maximum absolute atomic E-state index is 12.5. The van der Waals surface area contributed by atoms with Gasteiger partial charge in [-0.05, 0) is 68.5 Å². The van der Waals surface area contributed by atoms with Gasteiger partial charge < -0.3 is 15.2 Å². The van der Waals surface area contributed by atoms with Crippen LogP contribution < -0.4 is 5.32 Å². The molecule has 5 nitrogen and oxygen atoms in total. The summed E-state index contributed by atoms with van der Waals surface area (Å²) in [6.07, 6.45) is 2.82. The van der Waals surface area contributed by atoms with Crippen molar-refractivity contribution in [2.24, 2.45) is 11.8 Å². The standard InChI is InChI=1S/C22H25NO4S/c1-22(2,28-4)19(21(26)27-3)23-20(25)16-11-9-15(10-12-16)7-5-6-8-17-13-18(17)14-24/h9-12,17-19,24H,13-14H2,1-4H3,(H,23,25)/t17?,18?,19-/m1/s1. The molecule has 3 atom stereocenters. The van der Waals surface area contributed by atoms with E-state index < -0.39 is 16.8 Å². The molecule has 0 bridgehead atoms. The predicted molar refractivity (Wildman–Crippen MR) is 111 cm³/mol. The molecule has 1 aliphatic carbocycles. The van der Waals surface area contributed by atoms with Crippen LogP contribution in [0, 0.1) is 35.5 Å². The van der Waals surface area contributed by atoms with Gasteiger partial charge in [-0.1, -0.05) is 11.8 Å². The van der Waals surface area contributed by atoms with Crippen LogP contribution in [0.5, 0.6) is 0 Å². The number of carbonyl (C=O) groups excluding carboxylic acids is 2. The van der Waals surface area contributed by atoms with Crippen LogP contribution >= 0.6 is 11.8 Å². The lowest BCUT2D eigenvalue weighted by molar-refractivity contribution is -0.143. The van der Waals surface area contributed by atoms with Crippen molar-refractivity contribution in [3.05, 3.63) is 35.4 Å². The molecule has 148 valence electrons. The van der Waals surface area contributed by atoms with Crippen molar-refractivity contribution < 1.29 is 19.4 Å². The Morgan fingerprint density at radius 3 is 2.54 bits per heavy atom. The second-order valence-corrected chi connectivity index (χ2v) is 8.58. The summed E-state index contributed by atoms with van der Waals surface area (Å²) < 4.78 is 4.32. The molecule has 1 amide bonds. The van der Waals surface area contributed by atoms with Crippen LogP contribution in [0.3, 0.4) is 0 Å². The van der Waals surface area contributed by atoms with Crippen LogP contribution in [0.15, 0.2) is 24.3 Å². The number of amides is 1. The number of aliphatic hydroxyl groups excluding tert-OH is 1. The van der Waals surface area contributed by atoms with Crippen molar-refractivity contribution in [1.29, 1.82) is 0 Å². The van der Waals surface area contributed by atoms with E-state index in [0.29, 0.717) is 11.5 Å². The average molecular weight is 400 g/mol. The first kappa shape index (κ1) is 21.9. The number of aliphatic hydroxyl groups is 1. The van der Waals surface area contributed by atoms with Gasteiger partial charge in [-0.25, -0.2) is 4.79 Å². The number of carbonyl (C=O) groups is 2. The van der Waals surface area contributed by atoms with Crippen LogP contribution in [0.4, 0.5) is 0 Å². The molecular weight excluding hydrogens is 374 g/mol. The molecule has 1 saturated carbocycles. The summed E-state index contributed by atoms with van der Waals surface area (Å²) >= 11 is 1.48. The minimum atomic E-state index is -0.764. The fourth-order valence-electron chi connectivity index (χ4n) is 2.53. The number of hydrogen-bond donors (Lipinski definition) is 2. The average Bonchev–Trinajstić information content (AvgIpc) is 3.47. The van der Waals surface area contributed by atoms with Gasteiger partial charge in [0, 0.05) is 28.4 Å². The number of rotatable bonds is 6. The normalized spacial score (nSPS) is 18.6. The van der Waals surface area contributed by atoms with E-state index in [9.17, 15) is 9.59 Å². The molecule has 6 heteroatoms. The maximum atomic E-state index is 12.5. The van der Waals surface area contributed by atoms with Gasteiger partial charge >= 0.3 is 5.97 Å². The topological polar surface area (TPSA) is 75.6 Å². The Hall–Kier alpha value is -2.41. The number of hydrogen-bond acceptors (Lipinski definition) is 5. The molecule has 1 aromatic rings. The number of esters is 1. The highest BCUT2D eigenvalue weighted by Gasteiger charge is 2.37. The quantitative estimate of drug-likeness (QED) is 0.566. The fourth-order valence-corrected chi connectivity index (χ4v) is 2.92. The second kappa shape index (κ2) is 9.68. The third-order valence-electron chi connectivity index (χ3n) is 4.76. The monoisotopic (exact) mass is 399 g/mol. The largest absolute Gasteiger partial charge is 0.467 e. The summed E-state index contributed by atoms with van der Waals surface area (Å²) in [6, 6.07) is 6.04. The summed E-state index contributed by atoms with van der Waals surface area (Å²) in [5, 5.41) is 11.7. The first-order chi connectivity index (χ1) is 13.3. The molecule has 0 aliphatic heterocycles. The van der Waals surface area contributed by atoms with Gasteiger partial charge in [-0.2, -0.15) is 11.8 Å². The molecule has 0 heterocycles. The van der Waals surface area contributed by atoms with Crippen molar-refractivity contribution in [3.63, 3.8) is 0 Å². The number of nitrogens with one attached hydrogen (secondary N) is 1. The van der Waals surface area contributed by atoms with E-state index in [1.54, 1.807) is 24.3 Å². The minimum absolute atomic E-state index is 0.182. The van der Waals surface area contributed by atoms with Gasteiger partial charge in [-0.15, -0.1) is 0 Å². The SMILES string of the molecule is COC(=O)[C@@H](NC(=O)c1ccc(C#CC#CC2CC2CO)cc1)C(C)(C)SC. The highest BCUT2D eigenvalue weighted by Crippen LogP contribution is 2.36. The molecule has 0 spiro atoms.